The summed E-state index contributed by atoms with van der Waals surface area (Å²) in [6.07, 6.45) is 1.20. The second-order valence-electron chi connectivity index (χ2n) is 6.78. The van der Waals surface area contributed by atoms with Gasteiger partial charge in [-0.2, -0.15) is 0 Å². The molecule has 2 nitrogen and oxygen atoms in total. The average molecular weight is 329 g/mol. The van der Waals surface area contributed by atoms with Crippen molar-refractivity contribution in [2.75, 3.05) is 13.1 Å². The lowest BCUT2D eigenvalue weighted by Gasteiger charge is -2.47. The zero-order chi connectivity index (χ0) is 15.6. The van der Waals surface area contributed by atoms with E-state index in [9.17, 15) is 0 Å². The van der Waals surface area contributed by atoms with E-state index in [1.165, 1.54) is 6.42 Å². The molecule has 2 atom stereocenters. The van der Waals surface area contributed by atoms with Gasteiger partial charge in [0.15, 0.2) is 0 Å². The van der Waals surface area contributed by atoms with Gasteiger partial charge in [-0.05, 0) is 31.4 Å². The molecule has 0 amide bonds. The van der Waals surface area contributed by atoms with Crippen molar-refractivity contribution >= 4 is 23.2 Å². The number of nitrogens with zero attached hydrogens (tertiary/aromatic N) is 1. The van der Waals surface area contributed by atoms with Gasteiger partial charge in [-0.1, -0.05) is 55.6 Å². The maximum Gasteiger partial charge on any atom is 0.0637 e. The lowest BCUT2D eigenvalue weighted by molar-refractivity contribution is 0.0449. The molecule has 2 rings (SSSR count). The highest BCUT2D eigenvalue weighted by Crippen LogP contribution is 2.30. The van der Waals surface area contributed by atoms with Gasteiger partial charge in [-0.25, -0.2) is 0 Å². The monoisotopic (exact) mass is 328 g/mol. The van der Waals surface area contributed by atoms with Crippen LogP contribution in [0.5, 0.6) is 0 Å². The van der Waals surface area contributed by atoms with E-state index in [2.05, 4.69) is 44.0 Å². The molecule has 0 aromatic heterocycles. The fourth-order valence-corrected chi connectivity index (χ4v) is 3.24. The Labute approximate surface area is 138 Å². The van der Waals surface area contributed by atoms with Gasteiger partial charge in [-0.3, -0.25) is 4.90 Å². The Morgan fingerprint density at radius 2 is 2.10 bits per heavy atom. The lowest BCUT2D eigenvalue weighted by Crippen LogP contribution is -2.62. The van der Waals surface area contributed by atoms with Gasteiger partial charge < -0.3 is 5.32 Å². The van der Waals surface area contributed by atoms with Crippen molar-refractivity contribution in [1.29, 1.82) is 0 Å². The molecule has 1 heterocycles. The number of benzene rings is 1. The van der Waals surface area contributed by atoms with Crippen molar-refractivity contribution in [2.24, 2.45) is 5.92 Å². The first-order valence-corrected chi connectivity index (χ1v) is 8.52. The first-order valence-electron chi connectivity index (χ1n) is 7.76. The maximum atomic E-state index is 6.36. The average Bonchev–Trinajstić information content (AvgIpc) is 2.45. The number of rotatable bonds is 4. The predicted molar refractivity (Wildman–Crippen MR) is 92.2 cm³/mol. The molecule has 21 heavy (non-hydrogen) atoms. The number of piperazine rings is 1. The van der Waals surface area contributed by atoms with E-state index in [0.29, 0.717) is 22.0 Å². The SMILES string of the molecule is CCC(C)C1CN(Cc2cccc(Cl)c2Cl)C(C)(C)CN1. The van der Waals surface area contributed by atoms with E-state index in [1.807, 2.05) is 12.1 Å². The molecule has 2 unspecified atom stereocenters. The number of hydrogen-bond donors (Lipinski definition) is 1. The maximum absolute atomic E-state index is 6.36. The minimum absolute atomic E-state index is 0.121. The number of nitrogens with one attached hydrogen (secondary N) is 1. The molecular formula is C17H26Cl2N2. The van der Waals surface area contributed by atoms with E-state index in [0.717, 1.165) is 25.2 Å². The van der Waals surface area contributed by atoms with Crippen molar-refractivity contribution in [3.05, 3.63) is 33.8 Å². The van der Waals surface area contributed by atoms with Crippen LogP contribution in [0.3, 0.4) is 0 Å². The summed E-state index contributed by atoms with van der Waals surface area (Å²) in [7, 11) is 0. The van der Waals surface area contributed by atoms with Crippen molar-refractivity contribution in [3.8, 4) is 0 Å². The van der Waals surface area contributed by atoms with E-state index in [-0.39, 0.29) is 5.54 Å². The molecule has 0 radical (unpaired) electrons. The third-order valence-electron chi connectivity index (χ3n) is 4.79. The highest BCUT2D eigenvalue weighted by atomic mass is 35.5. The summed E-state index contributed by atoms with van der Waals surface area (Å²) in [5.41, 5.74) is 1.23. The van der Waals surface area contributed by atoms with Gasteiger partial charge in [0, 0.05) is 31.2 Å². The molecular weight excluding hydrogens is 303 g/mol. The summed E-state index contributed by atoms with van der Waals surface area (Å²) in [6.45, 7) is 12.0. The molecule has 4 heteroatoms. The predicted octanol–water partition coefficient (Wildman–Crippen LogP) is 4.59. The van der Waals surface area contributed by atoms with Crippen molar-refractivity contribution in [2.45, 2.75) is 52.2 Å². The topological polar surface area (TPSA) is 15.3 Å². The molecule has 1 saturated heterocycles. The fraction of sp³-hybridized carbons (Fsp3) is 0.647. The Hall–Kier alpha value is -0.280. The zero-order valence-electron chi connectivity index (χ0n) is 13.4. The fourth-order valence-electron chi connectivity index (χ4n) is 2.86. The number of hydrogen-bond acceptors (Lipinski definition) is 2. The summed E-state index contributed by atoms with van der Waals surface area (Å²) in [5, 5.41) is 5.03. The van der Waals surface area contributed by atoms with Gasteiger partial charge in [0.05, 0.1) is 10.0 Å². The van der Waals surface area contributed by atoms with Crippen LogP contribution < -0.4 is 5.32 Å². The first kappa shape index (κ1) is 17.1. The summed E-state index contributed by atoms with van der Waals surface area (Å²) >= 11 is 12.5. The minimum Gasteiger partial charge on any atom is -0.311 e. The molecule has 0 bridgehead atoms. The molecule has 0 spiro atoms. The van der Waals surface area contributed by atoms with E-state index >= 15 is 0 Å². The zero-order valence-corrected chi connectivity index (χ0v) is 14.9. The summed E-state index contributed by atoms with van der Waals surface area (Å²) in [4.78, 5) is 2.53. The van der Waals surface area contributed by atoms with Crippen molar-refractivity contribution < 1.29 is 0 Å². The van der Waals surface area contributed by atoms with E-state index < -0.39 is 0 Å². The minimum atomic E-state index is 0.121. The first-order chi connectivity index (χ1) is 9.85. The van der Waals surface area contributed by atoms with Gasteiger partial charge in [0.25, 0.3) is 0 Å². The van der Waals surface area contributed by atoms with Crippen molar-refractivity contribution in [1.82, 2.24) is 10.2 Å². The van der Waals surface area contributed by atoms with Gasteiger partial charge in [0.2, 0.25) is 0 Å². The van der Waals surface area contributed by atoms with Crippen LogP contribution in [0.25, 0.3) is 0 Å². The standard InChI is InChI=1S/C17H26Cl2N2/c1-5-12(2)15-10-21(17(3,4)11-20-15)9-13-7-6-8-14(18)16(13)19/h6-8,12,15,20H,5,9-11H2,1-4H3. The van der Waals surface area contributed by atoms with Gasteiger partial charge in [-0.15, -0.1) is 0 Å². The smallest absolute Gasteiger partial charge is 0.0637 e. The highest BCUT2D eigenvalue weighted by Gasteiger charge is 2.35. The molecule has 0 aliphatic carbocycles. The molecule has 118 valence electrons. The van der Waals surface area contributed by atoms with Crippen LogP contribution in [0.2, 0.25) is 10.0 Å². The molecule has 1 fully saturated rings. The highest BCUT2D eigenvalue weighted by molar-refractivity contribution is 6.42. The van der Waals surface area contributed by atoms with Gasteiger partial charge in [0.1, 0.15) is 0 Å². The molecule has 1 N–H and O–H groups in total. The largest absolute Gasteiger partial charge is 0.311 e. The van der Waals surface area contributed by atoms with Crippen LogP contribution in [-0.2, 0) is 6.54 Å². The van der Waals surface area contributed by atoms with Gasteiger partial charge >= 0.3 is 0 Å². The van der Waals surface area contributed by atoms with Crippen LogP contribution in [0.1, 0.15) is 39.7 Å². The summed E-state index contributed by atoms with van der Waals surface area (Å²) in [6, 6.07) is 6.44. The van der Waals surface area contributed by atoms with E-state index in [4.69, 9.17) is 23.2 Å². The molecule has 1 aromatic rings. The Morgan fingerprint density at radius 3 is 2.76 bits per heavy atom. The second-order valence-corrected chi connectivity index (χ2v) is 7.56. The second kappa shape index (κ2) is 6.87. The summed E-state index contributed by atoms with van der Waals surface area (Å²) < 4.78 is 0. The molecule has 1 aliphatic heterocycles. The van der Waals surface area contributed by atoms with E-state index in [1.54, 1.807) is 0 Å². The van der Waals surface area contributed by atoms with Crippen LogP contribution >= 0.6 is 23.2 Å². The third kappa shape index (κ3) is 3.92. The Bertz CT molecular complexity index is 488. The molecule has 0 saturated carbocycles. The Balaban J connectivity index is 2.16. The third-order valence-corrected chi connectivity index (χ3v) is 5.65. The van der Waals surface area contributed by atoms with Crippen LogP contribution in [0.15, 0.2) is 18.2 Å². The van der Waals surface area contributed by atoms with Crippen LogP contribution in [0.4, 0.5) is 0 Å². The normalized spacial score (nSPS) is 24.0. The van der Waals surface area contributed by atoms with Crippen molar-refractivity contribution in [3.63, 3.8) is 0 Å². The Morgan fingerprint density at radius 1 is 1.38 bits per heavy atom. The molecule has 1 aliphatic rings. The van der Waals surface area contributed by atoms with Crippen LogP contribution in [-0.4, -0.2) is 29.6 Å². The Kier molecular flexibility index (Phi) is 5.59. The number of halogens is 2. The quantitative estimate of drug-likeness (QED) is 0.869. The molecule has 1 aromatic carbocycles. The summed E-state index contributed by atoms with van der Waals surface area (Å²) in [5.74, 6) is 0.679. The lowest BCUT2D eigenvalue weighted by atomic mass is 9.90. The van der Waals surface area contributed by atoms with Crippen LogP contribution in [0, 0.1) is 5.92 Å².